The topological polar surface area (TPSA) is 56.5 Å². The summed E-state index contributed by atoms with van der Waals surface area (Å²) in [6.45, 7) is 1.29. The Morgan fingerprint density at radius 3 is 2.44 bits per heavy atom. The van der Waals surface area contributed by atoms with E-state index in [1.165, 1.54) is 38.5 Å². The number of rotatable bonds is 10. The number of anilines is 3. The van der Waals surface area contributed by atoms with Gasteiger partial charge in [0.2, 0.25) is 0 Å². The molecule has 3 aromatic rings. The smallest absolute Gasteiger partial charge is 0.122 e. The molecule has 168 valence electrons. The molecular weight excluding hydrogens is 396 g/mol. The highest BCUT2D eigenvalue weighted by Gasteiger charge is 2.12. The first-order valence-electron chi connectivity index (χ1n) is 11.8. The van der Waals surface area contributed by atoms with Crippen molar-refractivity contribution in [1.29, 1.82) is 0 Å². The van der Waals surface area contributed by atoms with Gasteiger partial charge in [-0.15, -0.1) is 0 Å². The van der Waals surface area contributed by atoms with E-state index in [9.17, 15) is 0 Å². The third kappa shape index (κ3) is 6.68. The minimum absolute atomic E-state index is 0.521. The standard InChI is InChI=1S/C28H34N2O2/c29-27-20-26(32-21-23-11-5-2-6-12-23)16-17-28(27)30-24-14-7-15-25(19-24)31-18-8-13-22-9-3-1-4-10-22/h2,5-7,11-12,14-17,19-20,22,30H,1,3-4,8-10,13,18,21,29H2. The average molecular weight is 431 g/mol. The summed E-state index contributed by atoms with van der Waals surface area (Å²) in [6, 6.07) is 23.9. The monoisotopic (exact) mass is 430 g/mol. The van der Waals surface area contributed by atoms with Crippen molar-refractivity contribution in [3.63, 3.8) is 0 Å². The zero-order chi connectivity index (χ0) is 22.0. The predicted octanol–water partition coefficient (Wildman–Crippen LogP) is 7.33. The zero-order valence-corrected chi connectivity index (χ0v) is 18.8. The predicted molar refractivity (Wildman–Crippen MR) is 133 cm³/mol. The molecule has 1 aliphatic carbocycles. The van der Waals surface area contributed by atoms with E-state index in [1.54, 1.807) is 0 Å². The molecule has 0 saturated heterocycles. The SMILES string of the molecule is Nc1cc(OCc2ccccc2)ccc1Nc1cccc(OCCCC2CCCCC2)c1. The largest absolute Gasteiger partial charge is 0.494 e. The molecule has 0 radical (unpaired) electrons. The lowest BCUT2D eigenvalue weighted by Crippen LogP contribution is -2.08. The molecule has 0 amide bonds. The van der Waals surface area contributed by atoms with E-state index in [4.69, 9.17) is 15.2 Å². The molecule has 4 nitrogen and oxygen atoms in total. The number of nitrogens with two attached hydrogens (primary N) is 1. The normalized spacial score (nSPS) is 14.1. The van der Waals surface area contributed by atoms with Crippen LogP contribution in [-0.2, 0) is 6.61 Å². The second-order valence-electron chi connectivity index (χ2n) is 8.67. The fourth-order valence-corrected chi connectivity index (χ4v) is 4.34. The lowest BCUT2D eigenvalue weighted by Gasteiger charge is -2.21. The first kappa shape index (κ1) is 22.1. The van der Waals surface area contributed by atoms with Gasteiger partial charge in [-0.1, -0.05) is 68.5 Å². The second-order valence-corrected chi connectivity index (χ2v) is 8.67. The molecule has 0 aromatic heterocycles. The molecule has 0 bridgehead atoms. The maximum absolute atomic E-state index is 6.27. The summed E-state index contributed by atoms with van der Waals surface area (Å²) in [6.07, 6.45) is 9.44. The Kier molecular flexibility index (Phi) is 7.91. The Morgan fingerprint density at radius 2 is 1.62 bits per heavy atom. The van der Waals surface area contributed by atoms with Crippen LogP contribution in [0.1, 0.15) is 50.5 Å². The van der Waals surface area contributed by atoms with Gasteiger partial charge in [0.25, 0.3) is 0 Å². The molecule has 0 heterocycles. The lowest BCUT2D eigenvalue weighted by atomic mass is 9.86. The highest BCUT2D eigenvalue weighted by molar-refractivity contribution is 5.74. The van der Waals surface area contributed by atoms with E-state index < -0.39 is 0 Å². The van der Waals surface area contributed by atoms with E-state index in [2.05, 4.69) is 5.32 Å². The van der Waals surface area contributed by atoms with Gasteiger partial charge in [-0.2, -0.15) is 0 Å². The quantitative estimate of drug-likeness (QED) is 0.261. The third-order valence-corrected chi connectivity index (χ3v) is 6.13. The number of benzene rings is 3. The first-order chi connectivity index (χ1) is 15.8. The van der Waals surface area contributed by atoms with E-state index >= 15 is 0 Å². The van der Waals surface area contributed by atoms with Gasteiger partial charge in [0.05, 0.1) is 18.0 Å². The van der Waals surface area contributed by atoms with Crippen LogP contribution in [0.25, 0.3) is 0 Å². The van der Waals surface area contributed by atoms with Crippen molar-refractivity contribution < 1.29 is 9.47 Å². The number of hydrogen-bond donors (Lipinski definition) is 2. The maximum atomic E-state index is 6.27. The van der Waals surface area contributed by atoms with Crippen LogP contribution in [0.2, 0.25) is 0 Å². The number of ether oxygens (including phenoxy) is 2. The first-order valence-corrected chi connectivity index (χ1v) is 11.8. The third-order valence-electron chi connectivity index (χ3n) is 6.13. The van der Waals surface area contributed by atoms with Crippen molar-refractivity contribution >= 4 is 17.1 Å². The van der Waals surface area contributed by atoms with Gasteiger partial charge in [0.1, 0.15) is 18.1 Å². The molecule has 1 fully saturated rings. The summed E-state index contributed by atoms with van der Waals surface area (Å²) in [5.41, 5.74) is 9.86. The van der Waals surface area contributed by atoms with Crippen LogP contribution >= 0.6 is 0 Å². The van der Waals surface area contributed by atoms with Gasteiger partial charge >= 0.3 is 0 Å². The zero-order valence-electron chi connectivity index (χ0n) is 18.8. The maximum Gasteiger partial charge on any atom is 0.122 e. The van der Waals surface area contributed by atoms with Crippen LogP contribution in [0, 0.1) is 5.92 Å². The Labute approximate surface area is 191 Å². The average Bonchev–Trinajstić information content (AvgIpc) is 2.84. The van der Waals surface area contributed by atoms with Gasteiger partial charge in [-0.05, 0) is 48.6 Å². The molecule has 32 heavy (non-hydrogen) atoms. The summed E-state index contributed by atoms with van der Waals surface area (Å²) in [7, 11) is 0. The van der Waals surface area contributed by atoms with Crippen molar-refractivity contribution in [3.8, 4) is 11.5 Å². The van der Waals surface area contributed by atoms with Crippen molar-refractivity contribution in [3.05, 3.63) is 78.4 Å². The van der Waals surface area contributed by atoms with E-state index in [0.717, 1.165) is 47.4 Å². The second kappa shape index (κ2) is 11.5. The summed E-state index contributed by atoms with van der Waals surface area (Å²) < 4.78 is 11.9. The van der Waals surface area contributed by atoms with E-state index in [-0.39, 0.29) is 0 Å². The lowest BCUT2D eigenvalue weighted by molar-refractivity contribution is 0.269. The molecule has 0 unspecified atom stereocenters. The fraction of sp³-hybridized carbons (Fsp3) is 0.357. The minimum Gasteiger partial charge on any atom is -0.494 e. The van der Waals surface area contributed by atoms with Gasteiger partial charge in [0, 0.05) is 17.8 Å². The molecule has 3 aromatic carbocycles. The van der Waals surface area contributed by atoms with Crippen molar-refractivity contribution in [1.82, 2.24) is 0 Å². The highest BCUT2D eigenvalue weighted by atomic mass is 16.5. The van der Waals surface area contributed by atoms with E-state index in [1.807, 2.05) is 72.8 Å². The van der Waals surface area contributed by atoms with Gasteiger partial charge < -0.3 is 20.5 Å². The molecule has 1 saturated carbocycles. The molecule has 0 aliphatic heterocycles. The van der Waals surface area contributed by atoms with Crippen LogP contribution in [0.4, 0.5) is 17.1 Å². The Balaban J connectivity index is 1.26. The summed E-state index contributed by atoms with van der Waals surface area (Å²) >= 11 is 0. The molecule has 0 atom stereocenters. The van der Waals surface area contributed by atoms with Crippen LogP contribution in [0.3, 0.4) is 0 Å². The summed E-state index contributed by atoms with van der Waals surface area (Å²) in [4.78, 5) is 0. The minimum atomic E-state index is 0.521. The molecule has 4 rings (SSSR count). The van der Waals surface area contributed by atoms with Crippen LogP contribution in [-0.4, -0.2) is 6.61 Å². The molecule has 1 aliphatic rings. The van der Waals surface area contributed by atoms with Gasteiger partial charge in [0.15, 0.2) is 0 Å². The van der Waals surface area contributed by atoms with E-state index in [0.29, 0.717) is 12.3 Å². The van der Waals surface area contributed by atoms with Crippen LogP contribution < -0.4 is 20.5 Å². The summed E-state index contributed by atoms with van der Waals surface area (Å²) in [5.74, 6) is 2.55. The van der Waals surface area contributed by atoms with Crippen molar-refractivity contribution in [2.75, 3.05) is 17.7 Å². The molecule has 4 heteroatoms. The Bertz CT molecular complexity index is 968. The highest BCUT2D eigenvalue weighted by Crippen LogP contribution is 2.30. The number of nitrogen functional groups attached to an aromatic ring is 1. The van der Waals surface area contributed by atoms with Crippen LogP contribution in [0.5, 0.6) is 11.5 Å². The van der Waals surface area contributed by atoms with Gasteiger partial charge in [-0.3, -0.25) is 0 Å². The molecule has 0 spiro atoms. The fourth-order valence-electron chi connectivity index (χ4n) is 4.34. The number of nitrogens with one attached hydrogen (secondary N) is 1. The van der Waals surface area contributed by atoms with Crippen LogP contribution in [0.15, 0.2) is 72.8 Å². The van der Waals surface area contributed by atoms with Gasteiger partial charge in [-0.25, -0.2) is 0 Å². The summed E-state index contributed by atoms with van der Waals surface area (Å²) in [5, 5.41) is 3.40. The van der Waals surface area contributed by atoms with Crippen molar-refractivity contribution in [2.24, 2.45) is 5.92 Å². The number of hydrogen-bond acceptors (Lipinski definition) is 4. The Hall–Kier alpha value is -3.14. The molecule has 3 N–H and O–H groups in total. The van der Waals surface area contributed by atoms with Crippen molar-refractivity contribution in [2.45, 2.75) is 51.6 Å². The Morgan fingerprint density at radius 1 is 0.812 bits per heavy atom. The molecular formula is C28H34N2O2.